The summed E-state index contributed by atoms with van der Waals surface area (Å²) < 4.78 is 26.4. The highest BCUT2D eigenvalue weighted by Crippen LogP contribution is 2.30. The van der Waals surface area contributed by atoms with Crippen molar-refractivity contribution in [2.75, 3.05) is 18.0 Å². The van der Waals surface area contributed by atoms with Crippen LogP contribution in [0.5, 0.6) is 0 Å². The van der Waals surface area contributed by atoms with Crippen LogP contribution < -0.4 is 10.2 Å². The van der Waals surface area contributed by atoms with E-state index in [-0.39, 0.29) is 11.9 Å². The number of para-hydroxylation sites is 1. The van der Waals surface area contributed by atoms with Crippen LogP contribution in [0.1, 0.15) is 57.2 Å². The van der Waals surface area contributed by atoms with Gasteiger partial charge in [0.2, 0.25) is 5.91 Å². The lowest BCUT2D eigenvalue weighted by Gasteiger charge is -2.34. The molecule has 0 unspecified atom stereocenters. The largest absolute Gasteiger partial charge is 0.356 e. The number of hydrogen-bond donors (Lipinski definition) is 1. The lowest BCUT2D eigenvalue weighted by Crippen LogP contribution is -2.45. The molecule has 4 rings (SSSR count). The van der Waals surface area contributed by atoms with Crippen molar-refractivity contribution in [1.82, 2.24) is 15.3 Å². The van der Waals surface area contributed by atoms with Crippen LogP contribution >= 0.6 is 0 Å². The minimum absolute atomic E-state index is 0.146. The third kappa shape index (κ3) is 4.23. The zero-order valence-corrected chi connectivity index (χ0v) is 15.9. The first kappa shape index (κ1) is 19.0. The van der Waals surface area contributed by atoms with Crippen molar-refractivity contribution in [2.45, 2.75) is 57.4 Å². The van der Waals surface area contributed by atoms with Gasteiger partial charge in [0.15, 0.2) is 5.82 Å². The summed E-state index contributed by atoms with van der Waals surface area (Å²) >= 11 is 0. The van der Waals surface area contributed by atoms with E-state index in [9.17, 15) is 13.6 Å². The van der Waals surface area contributed by atoms with Crippen LogP contribution in [0.3, 0.4) is 0 Å². The highest BCUT2D eigenvalue weighted by Gasteiger charge is 2.26. The van der Waals surface area contributed by atoms with Crippen molar-refractivity contribution >= 4 is 22.6 Å². The van der Waals surface area contributed by atoms with Crippen LogP contribution in [-0.4, -0.2) is 35.0 Å². The van der Waals surface area contributed by atoms with Crippen LogP contribution in [0.4, 0.5) is 14.6 Å². The van der Waals surface area contributed by atoms with E-state index in [1.54, 1.807) is 12.1 Å². The number of nitrogens with one attached hydrogen (secondary N) is 1. The molecule has 0 bridgehead atoms. The molecule has 2 fully saturated rings. The molecule has 150 valence electrons. The molecular weight excluding hydrogens is 362 g/mol. The molecule has 2 heterocycles. The number of nitrogens with zero attached hydrogens (tertiary/aromatic N) is 3. The molecule has 0 atom stereocenters. The number of halogens is 2. The van der Waals surface area contributed by atoms with Crippen molar-refractivity contribution in [2.24, 2.45) is 5.92 Å². The fraction of sp³-hybridized carbons (Fsp3) is 0.571. The summed E-state index contributed by atoms with van der Waals surface area (Å²) in [5, 5.41) is 3.95. The molecule has 0 spiro atoms. The van der Waals surface area contributed by atoms with E-state index in [0.29, 0.717) is 36.8 Å². The maximum atomic E-state index is 13.2. The van der Waals surface area contributed by atoms with E-state index < -0.39 is 12.2 Å². The molecule has 28 heavy (non-hydrogen) atoms. The van der Waals surface area contributed by atoms with Gasteiger partial charge in [-0.2, -0.15) is 0 Å². The van der Waals surface area contributed by atoms with Gasteiger partial charge >= 0.3 is 0 Å². The number of rotatable bonds is 5. The van der Waals surface area contributed by atoms with Gasteiger partial charge in [-0.25, -0.2) is 18.7 Å². The lowest BCUT2D eigenvalue weighted by atomic mass is 10.0. The first-order valence-corrected chi connectivity index (χ1v) is 10.2. The van der Waals surface area contributed by atoms with Crippen molar-refractivity contribution in [3.63, 3.8) is 0 Å². The molecule has 1 saturated carbocycles. The quantitative estimate of drug-likeness (QED) is 0.833. The third-order valence-electron chi connectivity index (χ3n) is 5.90. The second kappa shape index (κ2) is 8.37. The van der Waals surface area contributed by atoms with Gasteiger partial charge in [0.05, 0.1) is 5.52 Å². The van der Waals surface area contributed by atoms with E-state index in [4.69, 9.17) is 0 Å². The fourth-order valence-electron chi connectivity index (χ4n) is 4.41. The Bertz CT molecular complexity index is 830. The van der Waals surface area contributed by atoms with Crippen molar-refractivity contribution in [3.8, 4) is 0 Å². The SMILES string of the molecule is O=C(CC1CCCC1)NC1CCN(c2nc(C(F)F)nc3ccccc23)CC1. The number of benzene rings is 1. The number of amides is 1. The summed E-state index contributed by atoms with van der Waals surface area (Å²) in [7, 11) is 0. The predicted octanol–water partition coefficient (Wildman–Crippen LogP) is 4.23. The van der Waals surface area contributed by atoms with Crippen molar-refractivity contribution in [1.29, 1.82) is 0 Å². The summed E-state index contributed by atoms with van der Waals surface area (Å²) in [6.45, 7) is 1.36. The minimum Gasteiger partial charge on any atom is -0.356 e. The maximum absolute atomic E-state index is 13.2. The van der Waals surface area contributed by atoms with Crippen molar-refractivity contribution < 1.29 is 13.6 Å². The topological polar surface area (TPSA) is 58.1 Å². The molecule has 1 N–H and O–H groups in total. The first-order chi connectivity index (χ1) is 13.6. The molecule has 7 heteroatoms. The van der Waals surface area contributed by atoms with Gasteiger partial charge in [-0.3, -0.25) is 4.79 Å². The van der Waals surface area contributed by atoms with Gasteiger partial charge in [-0.05, 0) is 43.7 Å². The number of carbonyl (C=O) groups excluding carboxylic acids is 1. The van der Waals surface area contributed by atoms with Crippen LogP contribution in [0, 0.1) is 5.92 Å². The number of piperidine rings is 1. The minimum atomic E-state index is -2.70. The predicted molar refractivity (Wildman–Crippen MR) is 104 cm³/mol. The Kier molecular flexibility index (Phi) is 5.69. The summed E-state index contributed by atoms with van der Waals surface area (Å²) in [5.74, 6) is 0.829. The van der Waals surface area contributed by atoms with E-state index in [2.05, 4.69) is 15.3 Å². The Labute approximate surface area is 163 Å². The van der Waals surface area contributed by atoms with E-state index >= 15 is 0 Å². The van der Waals surface area contributed by atoms with Gasteiger partial charge < -0.3 is 10.2 Å². The highest BCUT2D eigenvalue weighted by molar-refractivity contribution is 5.89. The van der Waals surface area contributed by atoms with Gasteiger partial charge in [0.25, 0.3) is 6.43 Å². The summed E-state index contributed by atoms with van der Waals surface area (Å²) in [4.78, 5) is 22.5. The van der Waals surface area contributed by atoms with Gasteiger partial charge in [0.1, 0.15) is 5.82 Å². The number of alkyl halides is 2. The molecule has 1 saturated heterocycles. The Balaban J connectivity index is 1.41. The lowest BCUT2D eigenvalue weighted by molar-refractivity contribution is -0.122. The molecule has 1 aromatic heterocycles. The third-order valence-corrected chi connectivity index (χ3v) is 5.90. The average molecular weight is 388 g/mol. The molecule has 1 aliphatic heterocycles. The molecule has 5 nitrogen and oxygen atoms in total. The zero-order chi connectivity index (χ0) is 19.5. The fourth-order valence-corrected chi connectivity index (χ4v) is 4.41. The second-order valence-electron chi connectivity index (χ2n) is 7.91. The summed E-state index contributed by atoms with van der Waals surface area (Å²) in [6, 6.07) is 7.42. The van der Waals surface area contributed by atoms with Crippen molar-refractivity contribution in [3.05, 3.63) is 30.1 Å². The van der Waals surface area contributed by atoms with Gasteiger partial charge in [-0.15, -0.1) is 0 Å². The Morgan fingerprint density at radius 2 is 1.82 bits per heavy atom. The number of carbonyl (C=O) groups is 1. The van der Waals surface area contributed by atoms with Gasteiger partial charge in [-0.1, -0.05) is 25.0 Å². The molecule has 2 aliphatic rings. The van der Waals surface area contributed by atoms with E-state index in [1.165, 1.54) is 25.7 Å². The Morgan fingerprint density at radius 1 is 1.11 bits per heavy atom. The Hall–Kier alpha value is -2.31. The maximum Gasteiger partial charge on any atom is 0.297 e. The zero-order valence-electron chi connectivity index (χ0n) is 15.9. The smallest absolute Gasteiger partial charge is 0.297 e. The molecule has 1 aliphatic carbocycles. The molecule has 0 radical (unpaired) electrons. The van der Waals surface area contributed by atoms with Gasteiger partial charge in [0, 0.05) is 30.9 Å². The summed E-state index contributed by atoms with van der Waals surface area (Å²) in [5.41, 5.74) is 0.537. The second-order valence-corrected chi connectivity index (χ2v) is 7.91. The molecular formula is C21H26F2N4O. The Morgan fingerprint density at radius 3 is 2.54 bits per heavy atom. The van der Waals surface area contributed by atoms with Crippen LogP contribution in [0.2, 0.25) is 0 Å². The normalized spacial score (nSPS) is 18.9. The van der Waals surface area contributed by atoms with Crippen LogP contribution in [-0.2, 0) is 4.79 Å². The van der Waals surface area contributed by atoms with E-state index in [1.807, 2.05) is 17.0 Å². The standard InChI is InChI=1S/C21H26F2N4O/c22-19(23)20-25-17-8-4-3-7-16(17)21(26-20)27-11-9-15(10-12-27)24-18(28)13-14-5-1-2-6-14/h3-4,7-8,14-15,19H,1-2,5-6,9-13H2,(H,24,28). The number of fused-ring (bicyclic) bond motifs is 1. The van der Waals surface area contributed by atoms with Crippen LogP contribution in [0.15, 0.2) is 24.3 Å². The first-order valence-electron chi connectivity index (χ1n) is 10.2. The number of anilines is 1. The van der Waals surface area contributed by atoms with Crippen LogP contribution in [0.25, 0.3) is 10.9 Å². The summed E-state index contributed by atoms with van der Waals surface area (Å²) in [6.07, 6.45) is 4.33. The van der Waals surface area contributed by atoms with E-state index in [0.717, 1.165) is 18.2 Å². The average Bonchev–Trinajstić information content (AvgIpc) is 3.20. The molecule has 2 aromatic rings. The molecule has 1 aromatic carbocycles. The number of hydrogen-bond acceptors (Lipinski definition) is 4. The number of aromatic nitrogens is 2. The monoisotopic (exact) mass is 388 g/mol. The molecule has 1 amide bonds. The highest BCUT2D eigenvalue weighted by atomic mass is 19.3.